The fraction of sp³-hybridized carbons (Fsp3) is 0.439. The van der Waals surface area contributed by atoms with Crippen LogP contribution in [0, 0.1) is 0 Å². The number of hydrazine groups is 2. The Hall–Kier alpha value is -3.84. The van der Waals surface area contributed by atoms with E-state index in [9.17, 15) is 14.4 Å². The van der Waals surface area contributed by atoms with Crippen LogP contribution in [-0.4, -0.2) is 150 Å². The molecule has 4 rings (SSSR count). The lowest BCUT2D eigenvalue weighted by Crippen LogP contribution is -2.34. The molecular weight excluding hydrogens is 939 g/mol. The van der Waals surface area contributed by atoms with Gasteiger partial charge in [0, 0.05) is 23.9 Å². The molecule has 2 aromatic carbocycles. The van der Waals surface area contributed by atoms with Crippen LogP contribution in [0.15, 0.2) is 86.5 Å². The predicted octanol–water partition coefficient (Wildman–Crippen LogP) is 5.50. The van der Waals surface area contributed by atoms with Gasteiger partial charge in [-0.15, -0.1) is 23.2 Å². The number of aliphatic hydroxyl groups is 1. The van der Waals surface area contributed by atoms with Crippen LogP contribution in [0.5, 0.6) is 0 Å². The first-order valence-corrected chi connectivity index (χ1v) is 22.5. The molecule has 23 heteroatoms. The molecule has 18 nitrogen and oxygen atoms in total. The minimum Gasteiger partial charge on any atom is -0.460 e. The van der Waals surface area contributed by atoms with Crippen LogP contribution in [0.3, 0.4) is 0 Å². The number of anilines is 2. The molecule has 6 N–H and O–H groups in total. The highest BCUT2D eigenvalue weighted by atomic mass is 35.5. The third-order valence-electron chi connectivity index (χ3n) is 6.65. The molecule has 0 bridgehead atoms. The maximum absolute atomic E-state index is 10.8. The molecule has 0 aliphatic rings. The zero-order valence-electron chi connectivity index (χ0n) is 35.6. The number of rotatable bonds is 29. The molecule has 0 amide bonds. The Balaban J connectivity index is 0.000000848. The zero-order chi connectivity index (χ0) is 47.5. The number of esters is 2. The number of carbonyl (C=O) groups is 3. The van der Waals surface area contributed by atoms with Crippen molar-refractivity contribution in [1.82, 2.24) is 9.97 Å². The van der Waals surface area contributed by atoms with Crippen LogP contribution >= 0.6 is 57.5 Å². The van der Waals surface area contributed by atoms with E-state index in [1.54, 1.807) is 27.7 Å². The standard InChI is InChI=1S/C16H21N3O4S.C9H15ClO4.C7H7N3S.C6H13ClO3.C3H3ClO/c1-2-15(20)23-12-11-22-10-9-21-8-7-19(17)16-18-13-5-3-4-6-14(13)24-16;1-2-9(11)14-8-7-13-6-5-12-4-3-10;8-10-7-9-5-3-1-2-4-6(5)11-7;7-1-3-9-5-6-10-4-2-8;1-2-3(4)5/h2-6H,1,7-12,17H2;2H,1,3-8H2;1-4H,8H2,(H,9,10);8H,1-6H2;2H,1H2. The lowest BCUT2D eigenvalue weighted by molar-refractivity contribution is -0.140. The van der Waals surface area contributed by atoms with Gasteiger partial charge in [-0.3, -0.25) is 15.2 Å². The molecule has 4 aromatic rings. The minimum atomic E-state index is -0.509. The molecule has 2 aromatic heterocycles. The van der Waals surface area contributed by atoms with Crippen LogP contribution < -0.4 is 22.1 Å². The van der Waals surface area contributed by atoms with Crippen LogP contribution in [0.1, 0.15) is 0 Å². The van der Waals surface area contributed by atoms with Crippen LogP contribution in [0.4, 0.5) is 10.3 Å². The van der Waals surface area contributed by atoms with Gasteiger partial charge in [-0.25, -0.2) is 31.2 Å². The Morgan fingerprint density at radius 2 is 1.05 bits per heavy atom. The summed E-state index contributed by atoms with van der Waals surface area (Å²) in [5.41, 5.74) is 4.46. The fourth-order valence-electron chi connectivity index (χ4n) is 3.84. The van der Waals surface area contributed by atoms with Crippen molar-refractivity contribution in [3.63, 3.8) is 0 Å². The second-order valence-corrected chi connectivity index (χ2v) is 14.5. The van der Waals surface area contributed by atoms with Gasteiger partial charge in [0.15, 0.2) is 5.13 Å². The highest BCUT2D eigenvalue weighted by Crippen LogP contribution is 2.27. The number of aromatic nitrogens is 2. The number of aliphatic hydroxyl groups excluding tert-OH is 1. The summed E-state index contributed by atoms with van der Waals surface area (Å²) in [6, 6.07) is 15.8. The molecule has 0 unspecified atom stereocenters. The predicted molar refractivity (Wildman–Crippen MR) is 255 cm³/mol. The summed E-state index contributed by atoms with van der Waals surface area (Å²) in [4.78, 5) is 39.5. The van der Waals surface area contributed by atoms with Gasteiger partial charge < -0.3 is 43.0 Å². The van der Waals surface area contributed by atoms with Gasteiger partial charge >= 0.3 is 11.9 Å². The highest BCUT2D eigenvalue weighted by molar-refractivity contribution is 7.22. The Morgan fingerprint density at radius 3 is 1.45 bits per heavy atom. The van der Waals surface area contributed by atoms with Gasteiger partial charge in [0.1, 0.15) is 13.2 Å². The van der Waals surface area contributed by atoms with E-state index >= 15 is 0 Å². The number of benzene rings is 2. The van der Waals surface area contributed by atoms with Gasteiger partial charge in [0.05, 0.1) is 113 Å². The normalized spacial score (nSPS) is 10.0. The number of allylic oxidation sites excluding steroid dienone is 1. The zero-order valence-corrected chi connectivity index (χ0v) is 39.5. The average Bonchev–Trinajstić information content (AvgIpc) is 3.96. The summed E-state index contributed by atoms with van der Waals surface area (Å²) in [6.45, 7) is 16.3. The fourth-order valence-corrected chi connectivity index (χ4v) is 5.74. The molecule has 0 fully saturated rings. The van der Waals surface area contributed by atoms with Crippen LogP contribution in [-0.2, 0) is 52.3 Å². The van der Waals surface area contributed by atoms with Crippen molar-refractivity contribution in [2.45, 2.75) is 0 Å². The molecular formula is C41H59Cl3N6O12S2. The summed E-state index contributed by atoms with van der Waals surface area (Å²) in [5.74, 6) is 11.3. The number of para-hydroxylation sites is 2. The Kier molecular flexibility index (Phi) is 40.5. The Labute approximate surface area is 396 Å². The number of ether oxygens (including phenoxy) is 8. The Bertz CT molecular complexity index is 1750. The van der Waals surface area contributed by atoms with Crippen molar-refractivity contribution in [1.29, 1.82) is 0 Å². The van der Waals surface area contributed by atoms with Gasteiger partial charge in [-0.1, -0.05) is 66.7 Å². The van der Waals surface area contributed by atoms with Gasteiger partial charge in [-0.2, -0.15) is 0 Å². The number of hydrogen-bond acceptors (Lipinski definition) is 20. The first-order chi connectivity index (χ1) is 31.1. The van der Waals surface area contributed by atoms with Crippen molar-refractivity contribution >= 4 is 105 Å². The lowest BCUT2D eigenvalue weighted by atomic mass is 10.3. The third kappa shape index (κ3) is 33.6. The maximum Gasteiger partial charge on any atom is 0.330 e. The molecule has 0 saturated heterocycles. The number of fused-ring (bicyclic) bond motifs is 2. The van der Waals surface area contributed by atoms with Crippen molar-refractivity contribution in [3.8, 4) is 0 Å². The molecule has 64 heavy (non-hydrogen) atoms. The van der Waals surface area contributed by atoms with Crippen molar-refractivity contribution < 1.29 is 57.4 Å². The summed E-state index contributed by atoms with van der Waals surface area (Å²) in [6.07, 6.45) is 3.28. The number of nitrogens with two attached hydrogens (primary N) is 2. The first kappa shape index (κ1) is 60.2. The van der Waals surface area contributed by atoms with Crippen molar-refractivity contribution in [2.24, 2.45) is 11.7 Å². The van der Waals surface area contributed by atoms with Crippen molar-refractivity contribution in [3.05, 3.63) is 86.5 Å². The SMILES string of the molecule is C=CC(=O)Cl.C=CC(=O)OCCOCCOCCCl.C=CC(=O)OCCOCCOCCN(N)c1nc2ccccc2s1.NNc1nc2ccccc2s1.OCCOCCOCCCl. The van der Waals surface area contributed by atoms with E-state index in [0.717, 1.165) is 48.9 Å². The maximum atomic E-state index is 10.8. The lowest BCUT2D eigenvalue weighted by Gasteiger charge is -2.14. The number of alkyl halides is 2. The summed E-state index contributed by atoms with van der Waals surface area (Å²) in [5, 5.41) is 10.9. The van der Waals surface area contributed by atoms with E-state index in [1.165, 1.54) is 0 Å². The number of nitrogens with zero attached hydrogens (tertiary/aromatic N) is 3. The number of thiazole rings is 2. The quantitative estimate of drug-likeness (QED) is 0.01000. The second kappa shape index (κ2) is 43.1. The van der Waals surface area contributed by atoms with Crippen LogP contribution in [0.25, 0.3) is 20.4 Å². The number of hydrogen-bond donors (Lipinski definition) is 4. The van der Waals surface area contributed by atoms with Gasteiger partial charge in [0.2, 0.25) is 10.4 Å². The molecule has 0 aliphatic heterocycles. The molecule has 0 saturated carbocycles. The second-order valence-electron chi connectivity index (χ2n) is 11.3. The third-order valence-corrected chi connectivity index (χ3v) is 9.16. The minimum absolute atomic E-state index is 0.0650. The summed E-state index contributed by atoms with van der Waals surface area (Å²) in [7, 11) is 0. The summed E-state index contributed by atoms with van der Waals surface area (Å²) >= 11 is 18.5. The molecule has 0 aliphatic carbocycles. The van der Waals surface area contributed by atoms with E-state index in [4.69, 9.17) is 84.8 Å². The largest absolute Gasteiger partial charge is 0.460 e. The van der Waals surface area contributed by atoms with E-state index in [1.807, 2.05) is 48.5 Å². The van der Waals surface area contributed by atoms with E-state index < -0.39 is 17.2 Å². The van der Waals surface area contributed by atoms with E-state index in [2.05, 4.69) is 39.9 Å². The van der Waals surface area contributed by atoms with Gasteiger partial charge in [0.25, 0.3) is 0 Å². The van der Waals surface area contributed by atoms with Crippen LogP contribution in [0.2, 0.25) is 0 Å². The molecule has 0 spiro atoms. The molecule has 0 atom stereocenters. The molecule has 358 valence electrons. The smallest absolute Gasteiger partial charge is 0.330 e. The Morgan fingerprint density at radius 1 is 0.641 bits per heavy atom. The molecule has 2 heterocycles. The van der Waals surface area contributed by atoms with Crippen molar-refractivity contribution in [2.75, 3.05) is 128 Å². The highest BCUT2D eigenvalue weighted by Gasteiger charge is 2.08. The van der Waals surface area contributed by atoms with E-state index in [-0.39, 0.29) is 19.8 Å². The van der Waals surface area contributed by atoms with E-state index in [0.29, 0.717) is 97.6 Å². The first-order valence-electron chi connectivity index (χ1n) is 19.4. The number of carbonyl (C=O) groups excluding carboxylic acids is 3. The number of nitrogen functional groups attached to an aromatic ring is 1. The van der Waals surface area contributed by atoms with Gasteiger partial charge in [-0.05, 0) is 41.9 Å². The monoisotopic (exact) mass is 996 g/mol. The molecule has 0 radical (unpaired) electrons. The number of nitrogens with one attached hydrogen (secondary N) is 1. The average molecular weight is 998 g/mol. The summed E-state index contributed by atoms with van der Waals surface area (Å²) < 4.78 is 42.5. The topological polar surface area (TPSA) is 238 Å². The number of halogens is 3.